The number of amides is 3. The molecule has 2 N–H and O–H groups in total. The lowest BCUT2D eigenvalue weighted by atomic mass is 10.1. The molecule has 0 atom stereocenters. The molecule has 0 saturated heterocycles. The predicted molar refractivity (Wildman–Crippen MR) is 138 cm³/mol. The Hall–Kier alpha value is -4.37. The maximum atomic E-state index is 13.1. The highest BCUT2D eigenvalue weighted by molar-refractivity contribution is 7.98. The molecule has 3 amide bonds. The molecule has 3 aromatic carbocycles. The van der Waals surface area contributed by atoms with E-state index in [1.165, 1.54) is 16.7 Å². The summed E-state index contributed by atoms with van der Waals surface area (Å²) >= 11 is 1.49. The fourth-order valence-corrected chi connectivity index (χ4v) is 4.80. The first-order valence-corrected chi connectivity index (χ1v) is 12.2. The maximum Gasteiger partial charge on any atom is 0.258 e. The lowest BCUT2D eigenvalue weighted by Crippen LogP contribution is -2.42. The van der Waals surface area contributed by atoms with Gasteiger partial charge in [0.15, 0.2) is 0 Å². The number of para-hydroxylation sites is 2. The predicted octanol–water partition coefficient (Wildman–Crippen LogP) is 5.13. The summed E-state index contributed by atoms with van der Waals surface area (Å²) in [4.78, 5) is 40.5. The van der Waals surface area contributed by atoms with Gasteiger partial charge in [0, 0.05) is 22.2 Å². The maximum absolute atomic E-state index is 13.1. The van der Waals surface area contributed by atoms with Crippen LogP contribution in [0.15, 0.2) is 88.3 Å². The van der Waals surface area contributed by atoms with Crippen LogP contribution >= 0.6 is 11.8 Å². The smallest absolute Gasteiger partial charge is 0.258 e. The van der Waals surface area contributed by atoms with Gasteiger partial charge >= 0.3 is 0 Å². The largest absolute Gasteiger partial charge is 0.360 e. The molecule has 0 bridgehead atoms. The number of aromatic nitrogens is 1. The molecule has 0 saturated carbocycles. The third-order valence-corrected chi connectivity index (χ3v) is 6.68. The first kappa shape index (κ1) is 23.4. The number of nitrogens with one attached hydrogen (secondary N) is 2. The van der Waals surface area contributed by atoms with Crippen LogP contribution in [0.25, 0.3) is 0 Å². The van der Waals surface area contributed by atoms with Crippen molar-refractivity contribution in [2.45, 2.75) is 17.6 Å². The number of aryl methyl sites for hydroxylation is 1. The monoisotopic (exact) mass is 498 g/mol. The molecule has 36 heavy (non-hydrogen) atoms. The number of nitrogens with zero attached hydrogens (tertiary/aromatic N) is 2. The summed E-state index contributed by atoms with van der Waals surface area (Å²) in [6.45, 7) is 1.80. The Bertz CT molecular complexity index is 1450. The summed E-state index contributed by atoms with van der Waals surface area (Å²) in [6, 6.07) is 23.0. The SMILES string of the molecule is Cc1cc(CSc2ccccc2C(=O)Nc2ccc(C(=O)N3CC(=O)Nc4ccccc43)cc2)on1. The van der Waals surface area contributed by atoms with Gasteiger partial charge < -0.3 is 15.2 Å². The number of hydrogen-bond donors (Lipinski definition) is 2. The number of carbonyl (C=O) groups excluding carboxylic acids is 3. The van der Waals surface area contributed by atoms with Gasteiger partial charge in [-0.25, -0.2) is 0 Å². The van der Waals surface area contributed by atoms with Crippen molar-refractivity contribution in [3.8, 4) is 0 Å². The molecule has 1 aromatic heterocycles. The number of thioether (sulfide) groups is 1. The summed E-state index contributed by atoms with van der Waals surface area (Å²) in [7, 11) is 0. The average molecular weight is 499 g/mol. The Labute approximate surface area is 211 Å². The third-order valence-electron chi connectivity index (χ3n) is 5.58. The van der Waals surface area contributed by atoms with Crippen molar-refractivity contribution in [2.75, 3.05) is 22.1 Å². The van der Waals surface area contributed by atoms with Gasteiger partial charge in [-0.1, -0.05) is 29.4 Å². The lowest BCUT2D eigenvalue weighted by molar-refractivity contribution is -0.115. The lowest BCUT2D eigenvalue weighted by Gasteiger charge is -2.29. The highest BCUT2D eigenvalue weighted by Gasteiger charge is 2.27. The first-order chi connectivity index (χ1) is 17.5. The molecule has 9 heteroatoms. The van der Waals surface area contributed by atoms with Crippen LogP contribution < -0.4 is 15.5 Å². The standard InChI is InChI=1S/C27H22N4O4S/c1-17-14-20(35-30-17)16-36-24-9-5-2-6-21(24)26(33)28-19-12-10-18(11-13-19)27(34)31-15-25(32)29-22-7-3-4-8-23(22)31/h2-14H,15-16H2,1H3,(H,28,33)(H,29,32). The van der Waals surface area contributed by atoms with Crippen molar-refractivity contribution in [3.05, 3.63) is 101 Å². The second-order valence-corrected chi connectivity index (χ2v) is 9.22. The molecule has 5 rings (SSSR count). The van der Waals surface area contributed by atoms with E-state index >= 15 is 0 Å². The van der Waals surface area contributed by atoms with E-state index in [1.807, 2.05) is 37.3 Å². The first-order valence-electron chi connectivity index (χ1n) is 11.2. The van der Waals surface area contributed by atoms with E-state index < -0.39 is 0 Å². The molecule has 0 aliphatic carbocycles. The van der Waals surface area contributed by atoms with E-state index in [0.29, 0.717) is 33.9 Å². The Balaban J connectivity index is 1.28. The van der Waals surface area contributed by atoms with Crippen molar-refractivity contribution in [3.63, 3.8) is 0 Å². The molecule has 1 aliphatic heterocycles. The zero-order valence-electron chi connectivity index (χ0n) is 19.4. The molecule has 180 valence electrons. The molecular weight excluding hydrogens is 476 g/mol. The zero-order valence-corrected chi connectivity index (χ0v) is 20.2. The summed E-state index contributed by atoms with van der Waals surface area (Å²) in [5.41, 5.74) is 3.56. The number of hydrogen-bond acceptors (Lipinski definition) is 6. The summed E-state index contributed by atoms with van der Waals surface area (Å²) in [5.74, 6) is 0.495. The van der Waals surface area contributed by atoms with Crippen LogP contribution in [0.4, 0.5) is 17.1 Å². The molecule has 1 aliphatic rings. The number of fused-ring (bicyclic) bond motifs is 1. The normalized spacial score (nSPS) is 12.6. The van der Waals surface area contributed by atoms with Gasteiger partial charge in [0.1, 0.15) is 12.3 Å². The Morgan fingerprint density at radius 1 is 1.06 bits per heavy atom. The van der Waals surface area contributed by atoms with E-state index in [-0.39, 0.29) is 24.3 Å². The molecule has 0 radical (unpaired) electrons. The summed E-state index contributed by atoms with van der Waals surface area (Å²) < 4.78 is 5.26. The minimum atomic E-state index is -0.292. The Morgan fingerprint density at radius 3 is 2.58 bits per heavy atom. The van der Waals surface area contributed by atoms with Gasteiger partial charge in [-0.05, 0) is 55.5 Å². The summed E-state index contributed by atoms with van der Waals surface area (Å²) in [6.07, 6.45) is 0. The van der Waals surface area contributed by atoms with E-state index in [4.69, 9.17) is 4.52 Å². The van der Waals surface area contributed by atoms with Crippen molar-refractivity contribution < 1.29 is 18.9 Å². The van der Waals surface area contributed by atoms with Crippen LogP contribution in [-0.4, -0.2) is 29.4 Å². The van der Waals surface area contributed by atoms with Crippen LogP contribution in [0.5, 0.6) is 0 Å². The van der Waals surface area contributed by atoms with Gasteiger partial charge in [0.2, 0.25) is 5.91 Å². The molecule has 0 unspecified atom stereocenters. The average Bonchev–Trinajstić information content (AvgIpc) is 3.32. The van der Waals surface area contributed by atoms with Crippen LogP contribution in [0.1, 0.15) is 32.2 Å². The molecule has 2 heterocycles. The minimum absolute atomic E-state index is 0.0591. The van der Waals surface area contributed by atoms with Gasteiger partial charge in [-0.2, -0.15) is 0 Å². The highest BCUT2D eigenvalue weighted by atomic mass is 32.2. The molecule has 4 aromatic rings. The molecule has 0 fully saturated rings. The second-order valence-electron chi connectivity index (χ2n) is 8.21. The fourth-order valence-electron chi connectivity index (χ4n) is 3.88. The van der Waals surface area contributed by atoms with Crippen molar-refractivity contribution in [1.82, 2.24) is 5.16 Å². The topological polar surface area (TPSA) is 105 Å². The Morgan fingerprint density at radius 2 is 1.81 bits per heavy atom. The number of anilines is 3. The van der Waals surface area contributed by atoms with E-state index in [2.05, 4.69) is 15.8 Å². The van der Waals surface area contributed by atoms with Crippen LogP contribution in [0.2, 0.25) is 0 Å². The van der Waals surface area contributed by atoms with Crippen molar-refractivity contribution in [2.24, 2.45) is 0 Å². The Kier molecular flexibility index (Phi) is 6.55. The quantitative estimate of drug-likeness (QED) is 0.357. The van der Waals surface area contributed by atoms with Gasteiger partial charge in [-0.15, -0.1) is 11.8 Å². The number of rotatable bonds is 6. The number of carbonyl (C=O) groups is 3. The molecule has 0 spiro atoms. The molecule has 8 nitrogen and oxygen atoms in total. The van der Waals surface area contributed by atoms with Gasteiger partial charge in [0.25, 0.3) is 11.8 Å². The second kappa shape index (κ2) is 10.1. The van der Waals surface area contributed by atoms with Crippen LogP contribution in [-0.2, 0) is 10.5 Å². The highest BCUT2D eigenvalue weighted by Crippen LogP contribution is 2.31. The van der Waals surface area contributed by atoms with Crippen molar-refractivity contribution >= 4 is 46.5 Å². The third kappa shape index (κ3) is 5.01. The van der Waals surface area contributed by atoms with E-state index in [1.54, 1.807) is 48.5 Å². The van der Waals surface area contributed by atoms with Crippen LogP contribution in [0, 0.1) is 6.92 Å². The van der Waals surface area contributed by atoms with Gasteiger partial charge in [-0.3, -0.25) is 19.3 Å². The van der Waals surface area contributed by atoms with Gasteiger partial charge in [0.05, 0.1) is 28.4 Å². The van der Waals surface area contributed by atoms with E-state index in [9.17, 15) is 14.4 Å². The van der Waals surface area contributed by atoms with Crippen molar-refractivity contribution in [1.29, 1.82) is 0 Å². The van der Waals surface area contributed by atoms with Crippen LogP contribution in [0.3, 0.4) is 0 Å². The van der Waals surface area contributed by atoms with E-state index in [0.717, 1.165) is 16.3 Å². The molecular formula is C27H22N4O4S. The minimum Gasteiger partial charge on any atom is -0.360 e. The number of benzene rings is 3. The fraction of sp³-hybridized carbons (Fsp3) is 0.111. The summed E-state index contributed by atoms with van der Waals surface area (Å²) in [5, 5.41) is 9.56. The zero-order chi connectivity index (χ0) is 25.1.